The van der Waals surface area contributed by atoms with Gasteiger partial charge in [0, 0.05) is 5.54 Å². The molecule has 0 heterocycles. The smallest absolute Gasteiger partial charge is 0.333 e. The molecule has 0 aliphatic heterocycles. The van der Waals surface area contributed by atoms with Crippen LogP contribution in [0.3, 0.4) is 0 Å². The Morgan fingerprint density at radius 2 is 2.10 bits per heavy atom. The van der Waals surface area contributed by atoms with Crippen LogP contribution >= 0.6 is 0 Å². The summed E-state index contributed by atoms with van der Waals surface area (Å²) in [5.74, 6) is -0.823. The normalized spacial score (nSPS) is 11.3. The molecule has 116 valence electrons. The number of nitrogens with one attached hydrogen (secondary N) is 1. The molecular formula is C14H20N2O5. The minimum absolute atomic E-state index is 0.158. The first-order valence-corrected chi connectivity index (χ1v) is 6.56. The Hall–Kier alpha value is -2.31. The maximum absolute atomic E-state index is 11.3. The van der Waals surface area contributed by atoms with Gasteiger partial charge in [0.2, 0.25) is 0 Å². The maximum Gasteiger partial charge on any atom is 0.333 e. The number of nitro groups is 1. The van der Waals surface area contributed by atoms with Crippen LogP contribution in [0.15, 0.2) is 18.2 Å². The van der Waals surface area contributed by atoms with Crippen molar-refractivity contribution in [2.75, 3.05) is 5.32 Å². The Morgan fingerprint density at radius 3 is 2.57 bits per heavy atom. The highest BCUT2D eigenvalue weighted by molar-refractivity contribution is 5.72. The van der Waals surface area contributed by atoms with Gasteiger partial charge in [0.15, 0.2) is 5.75 Å². The van der Waals surface area contributed by atoms with E-state index in [0.717, 1.165) is 0 Å². The van der Waals surface area contributed by atoms with Crippen molar-refractivity contribution in [3.8, 4) is 5.75 Å². The molecule has 0 spiro atoms. The number of ether oxygens (including phenoxy) is 1. The summed E-state index contributed by atoms with van der Waals surface area (Å²) in [6.45, 7) is 6.89. The van der Waals surface area contributed by atoms with Gasteiger partial charge in [-0.3, -0.25) is 14.9 Å². The Morgan fingerprint density at radius 1 is 1.48 bits per heavy atom. The standard InChI is InChI=1S/C14H20N2O5/c1-9(2)21-11-7-5-6-10(13(11)16(19)20)15-14(3,4)8-12(17)18/h5-7,9,15H,8H2,1-4H3,(H,17,18). The summed E-state index contributed by atoms with van der Waals surface area (Å²) in [4.78, 5) is 21.6. The highest BCUT2D eigenvalue weighted by Gasteiger charge is 2.28. The van der Waals surface area contributed by atoms with Crippen LogP contribution in [0.1, 0.15) is 34.1 Å². The van der Waals surface area contributed by atoms with Crippen molar-refractivity contribution in [3.63, 3.8) is 0 Å². The first-order valence-electron chi connectivity index (χ1n) is 6.56. The van der Waals surface area contributed by atoms with E-state index < -0.39 is 16.4 Å². The number of carboxylic acids is 1. The molecule has 0 aromatic heterocycles. The lowest BCUT2D eigenvalue weighted by atomic mass is 10.00. The molecule has 7 heteroatoms. The van der Waals surface area contributed by atoms with Crippen molar-refractivity contribution in [2.24, 2.45) is 0 Å². The molecule has 0 atom stereocenters. The molecule has 0 bridgehead atoms. The summed E-state index contributed by atoms with van der Waals surface area (Å²) in [5.41, 5.74) is -0.776. The number of anilines is 1. The van der Waals surface area contributed by atoms with E-state index in [0.29, 0.717) is 0 Å². The van der Waals surface area contributed by atoms with Gasteiger partial charge in [-0.15, -0.1) is 0 Å². The summed E-state index contributed by atoms with van der Waals surface area (Å²) in [5, 5.41) is 23.1. The van der Waals surface area contributed by atoms with Crippen molar-refractivity contribution in [1.82, 2.24) is 0 Å². The molecule has 1 rings (SSSR count). The zero-order valence-electron chi connectivity index (χ0n) is 12.5. The lowest BCUT2D eigenvalue weighted by molar-refractivity contribution is -0.385. The van der Waals surface area contributed by atoms with Gasteiger partial charge in [-0.25, -0.2) is 0 Å². The lowest BCUT2D eigenvalue weighted by Gasteiger charge is -2.25. The third kappa shape index (κ3) is 4.94. The molecular weight excluding hydrogens is 276 g/mol. The fraction of sp³-hybridized carbons (Fsp3) is 0.500. The second-order valence-electron chi connectivity index (χ2n) is 5.66. The summed E-state index contributed by atoms with van der Waals surface area (Å²) in [6, 6.07) is 4.69. The quantitative estimate of drug-likeness (QED) is 0.592. The number of carboxylic acid groups (broad SMARTS) is 1. The first-order chi connectivity index (χ1) is 9.62. The van der Waals surface area contributed by atoms with Crippen molar-refractivity contribution < 1.29 is 19.6 Å². The largest absolute Gasteiger partial charge is 0.484 e. The molecule has 0 fully saturated rings. The van der Waals surface area contributed by atoms with Gasteiger partial charge in [0.25, 0.3) is 0 Å². The number of hydrogen-bond donors (Lipinski definition) is 2. The highest BCUT2D eigenvalue weighted by atomic mass is 16.6. The summed E-state index contributed by atoms with van der Waals surface area (Å²) in [6.07, 6.45) is -0.370. The third-order valence-corrected chi connectivity index (χ3v) is 2.61. The highest BCUT2D eigenvalue weighted by Crippen LogP contribution is 2.37. The van der Waals surface area contributed by atoms with E-state index in [2.05, 4.69) is 5.32 Å². The zero-order chi connectivity index (χ0) is 16.2. The van der Waals surface area contributed by atoms with E-state index in [4.69, 9.17) is 9.84 Å². The van der Waals surface area contributed by atoms with E-state index >= 15 is 0 Å². The van der Waals surface area contributed by atoms with Gasteiger partial charge in [-0.05, 0) is 39.8 Å². The second kappa shape index (κ2) is 6.43. The van der Waals surface area contributed by atoms with Gasteiger partial charge in [-0.2, -0.15) is 0 Å². The average Bonchev–Trinajstić information content (AvgIpc) is 2.24. The van der Waals surface area contributed by atoms with Gasteiger partial charge in [-0.1, -0.05) is 6.07 Å². The molecule has 7 nitrogen and oxygen atoms in total. The average molecular weight is 296 g/mol. The van der Waals surface area contributed by atoms with Gasteiger partial charge in [0.1, 0.15) is 5.69 Å². The molecule has 2 N–H and O–H groups in total. The molecule has 0 aliphatic carbocycles. The minimum Gasteiger partial charge on any atom is -0.484 e. The van der Waals surface area contributed by atoms with Crippen LogP contribution in [0, 0.1) is 10.1 Å². The fourth-order valence-corrected chi connectivity index (χ4v) is 1.95. The van der Waals surface area contributed by atoms with E-state index in [1.54, 1.807) is 33.8 Å². The molecule has 0 unspecified atom stereocenters. The van der Waals surface area contributed by atoms with E-state index in [9.17, 15) is 14.9 Å². The van der Waals surface area contributed by atoms with Crippen molar-refractivity contribution in [3.05, 3.63) is 28.3 Å². The maximum atomic E-state index is 11.3. The van der Waals surface area contributed by atoms with E-state index in [1.165, 1.54) is 12.1 Å². The van der Waals surface area contributed by atoms with Crippen LogP contribution < -0.4 is 10.1 Å². The predicted octanol–water partition coefficient (Wildman–Crippen LogP) is 3.05. The molecule has 0 saturated carbocycles. The third-order valence-electron chi connectivity index (χ3n) is 2.61. The predicted molar refractivity (Wildman–Crippen MR) is 78.8 cm³/mol. The lowest BCUT2D eigenvalue weighted by Crippen LogP contribution is -2.33. The van der Waals surface area contributed by atoms with E-state index in [1.807, 2.05) is 0 Å². The van der Waals surface area contributed by atoms with E-state index in [-0.39, 0.29) is 29.6 Å². The summed E-state index contributed by atoms with van der Waals surface area (Å²) in [7, 11) is 0. The monoisotopic (exact) mass is 296 g/mol. The number of rotatable bonds is 7. The number of nitro benzene ring substituents is 1. The van der Waals surface area contributed by atoms with Crippen molar-refractivity contribution >= 4 is 17.3 Å². The van der Waals surface area contributed by atoms with Gasteiger partial charge in [0.05, 0.1) is 17.4 Å². The first kappa shape index (κ1) is 16.7. The van der Waals surface area contributed by atoms with Crippen LogP contribution in [0.5, 0.6) is 5.75 Å². The number of benzene rings is 1. The summed E-state index contributed by atoms with van der Waals surface area (Å²) < 4.78 is 5.44. The number of hydrogen-bond acceptors (Lipinski definition) is 5. The molecule has 1 aromatic rings. The van der Waals surface area contributed by atoms with Crippen LogP contribution in [0.4, 0.5) is 11.4 Å². The SMILES string of the molecule is CC(C)Oc1cccc(NC(C)(C)CC(=O)O)c1[N+](=O)[O-]. The minimum atomic E-state index is -0.982. The Balaban J connectivity index is 3.17. The Labute approximate surface area is 123 Å². The zero-order valence-corrected chi connectivity index (χ0v) is 12.5. The van der Waals surface area contributed by atoms with Gasteiger partial charge < -0.3 is 15.2 Å². The molecule has 21 heavy (non-hydrogen) atoms. The number of carbonyl (C=O) groups is 1. The van der Waals surface area contributed by atoms with Crippen LogP contribution in [0.2, 0.25) is 0 Å². The number of aliphatic carboxylic acids is 1. The topological polar surface area (TPSA) is 102 Å². The van der Waals surface area contributed by atoms with Crippen LogP contribution in [0.25, 0.3) is 0 Å². The van der Waals surface area contributed by atoms with Crippen LogP contribution in [-0.4, -0.2) is 27.6 Å². The number of para-hydroxylation sites is 1. The molecule has 1 aromatic carbocycles. The fourth-order valence-electron chi connectivity index (χ4n) is 1.95. The van der Waals surface area contributed by atoms with Crippen molar-refractivity contribution in [1.29, 1.82) is 0 Å². The Bertz CT molecular complexity index is 540. The molecule has 0 aliphatic rings. The second-order valence-corrected chi connectivity index (χ2v) is 5.66. The molecule has 0 amide bonds. The number of nitrogens with zero attached hydrogens (tertiary/aromatic N) is 1. The molecule has 0 radical (unpaired) electrons. The Kier molecular flexibility index (Phi) is 5.12. The molecule has 0 saturated heterocycles. The van der Waals surface area contributed by atoms with Gasteiger partial charge >= 0.3 is 11.7 Å². The van der Waals surface area contributed by atoms with Crippen LogP contribution in [-0.2, 0) is 4.79 Å². The van der Waals surface area contributed by atoms with Crippen molar-refractivity contribution in [2.45, 2.75) is 45.8 Å². The summed E-state index contributed by atoms with van der Waals surface area (Å²) >= 11 is 0.